The van der Waals surface area contributed by atoms with E-state index in [9.17, 15) is 4.79 Å². The zero-order valence-electron chi connectivity index (χ0n) is 12.6. The molecule has 0 bridgehead atoms. The summed E-state index contributed by atoms with van der Waals surface area (Å²) in [4.78, 5) is 16.3. The molecule has 0 aliphatic heterocycles. The quantitative estimate of drug-likeness (QED) is 0.884. The first kappa shape index (κ1) is 21.9. The van der Waals surface area contributed by atoms with Crippen LogP contribution in [0.4, 0.5) is 0 Å². The van der Waals surface area contributed by atoms with Crippen LogP contribution in [0.3, 0.4) is 0 Å². The average Bonchev–Trinajstić information content (AvgIpc) is 2.72. The lowest BCUT2D eigenvalue weighted by molar-refractivity contribution is -0.125. The predicted molar refractivity (Wildman–Crippen MR) is 90.0 cm³/mol. The summed E-state index contributed by atoms with van der Waals surface area (Å²) >= 11 is 1.58. The Hall–Kier alpha value is -0.360. The maximum absolute atomic E-state index is 11.7. The maximum atomic E-state index is 11.7. The van der Waals surface area contributed by atoms with Gasteiger partial charge in [-0.3, -0.25) is 4.79 Å². The number of nitrogens with one attached hydrogen (secondary N) is 1. The number of rotatable bonds is 4. The molecule has 3 N–H and O–H groups in total. The van der Waals surface area contributed by atoms with E-state index in [-0.39, 0.29) is 48.1 Å². The third-order valence-electron chi connectivity index (χ3n) is 2.94. The molecular weight excluding hydrogens is 317 g/mol. The van der Waals surface area contributed by atoms with Gasteiger partial charge in [-0.2, -0.15) is 0 Å². The lowest BCUT2D eigenvalue weighted by Crippen LogP contribution is -2.38. The monoisotopic (exact) mass is 341 g/mol. The minimum Gasteiger partial charge on any atom is -0.349 e. The smallest absolute Gasteiger partial charge is 0.224 e. The van der Waals surface area contributed by atoms with Gasteiger partial charge in [0.15, 0.2) is 0 Å². The Kier molecular flexibility index (Phi) is 9.67. The van der Waals surface area contributed by atoms with Crippen LogP contribution in [0.2, 0.25) is 0 Å². The summed E-state index contributed by atoms with van der Waals surface area (Å²) in [7, 11) is 0. The van der Waals surface area contributed by atoms with Gasteiger partial charge in [0.2, 0.25) is 5.91 Å². The van der Waals surface area contributed by atoms with E-state index in [1.54, 1.807) is 11.3 Å². The predicted octanol–water partition coefficient (Wildman–Crippen LogP) is 2.88. The van der Waals surface area contributed by atoms with Gasteiger partial charge in [0.05, 0.1) is 12.2 Å². The van der Waals surface area contributed by atoms with Crippen molar-refractivity contribution < 1.29 is 4.79 Å². The van der Waals surface area contributed by atoms with Crippen LogP contribution in [0.15, 0.2) is 5.38 Å². The van der Waals surface area contributed by atoms with Crippen LogP contribution in [-0.4, -0.2) is 16.9 Å². The van der Waals surface area contributed by atoms with E-state index in [1.807, 2.05) is 13.8 Å². The van der Waals surface area contributed by atoms with Gasteiger partial charge < -0.3 is 11.1 Å². The Morgan fingerprint density at radius 2 is 1.95 bits per heavy atom. The van der Waals surface area contributed by atoms with Crippen LogP contribution in [0, 0.1) is 5.92 Å². The maximum Gasteiger partial charge on any atom is 0.224 e. The highest BCUT2D eigenvalue weighted by Gasteiger charge is 2.19. The summed E-state index contributed by atoms with van der Waals surface area (Å²) in [5.41, 5.74) is 6.81. The van der Waals surface area contributed by atoms with E-state index in [0.29, 0.717) is 6.54 Å². The molecule has 7 heteroatoms. The molecule has 0 spiro atoms. The summed E-state index contributed by atoms with van der Waals surface area (Å²) < 4.78 is 0. The van der Waals surface area contributed by atoms with Crippen molar-refractivity contribution in [3.05, 3.63) is 16.1 Å². The molecule has 2 unspecified atom stereocenters. The number of halogens is 2. The molecule has 0 aliphatic rings. The third kappa shape index (κ3) is 6.39. The van der Waals surface area contributed by atoms with Gasteiger partial charge in [-0.25, -0.2) is 4.98 Å². The Bertz CT molecular complexity index is 416. The highest BCUT2D eigenvalue weighted by molar-refractivity contribution is 7.09. The second-order valence-corrected chi connectivity index (χ2v) is 6.68. The minimum atomic E-state index is -0.174. The van der Waals surface area contributed by atoms with Crippen molar-refractivity contribution in [2.24, 2.45) is 11.7 Å². The molecule has 1 aromatic rings. The van der Waals surface area contributed by atoms with Crippen LogP contribution in [-0.2, 0) is 16.8 Å². The van der Waals surface area contributed by atoms with Crippen LogP contribution in [0.1, 0.15) is 45.3 Å². The van der Waals surface area contributed by atoms with Crippen LogP contribution < -0.4 is 11.1 Å². The number of nitrogens with two attached hydrogens (primary N) is 1. The van der Waals surface area contributed by atoms with Crippen molar-refractivity contribution in [3.8, 4) is 0 Å². The average molecular weight is 342 g/mol. The zero-order chi connectivity index (χ0) is 13.9. The molecule has 0 radical (unpaired) electrons. The zero-order valence-corrected chi connectivity index (χ0v) is 15.0. The Morgan fingerprint density at radius 3 is 2.35 bits per heavy atom. The molecule has 4 nitrogen and oxygen atoms in total. The van der Waals surface area contributed by atoms with Gasteiger partial charge in [0.25, 0.3) is 0 Å². The molecule has 0 saturated heterocycles. The summed E-state index contributed by atoms with van der Waals surface area (Å²) in [6, 6.07) is -0.133. The SMILES string of the molecule is CC(N)C(C)C(=O)NCc1nc(C(C)(C)C)cs1.Cl.Cl. The number of nitrogens with zero attached hydrogens (tertiary/aromatic N) is 1. The van der Waals surface area contributed by atoms with Gasteiger partial charge in [-0.15, -0.1) is 36.2 Å². The molecule has 0 aliphatic carbocycles. The van der Waals surface area contributed by atoms with Gasteiger partial charge >= 0.3 is 0 Å². The lowest BCUT2D eigenvalue weighted by atomic mass is 9.93. The van der Waals surface area contributed by atoms with Crippen LogP contribution >= 0.6 is 36.2 Å². The number of carbonyl (C=O) groups excluding carboxylic acids is 1. The molecule has 1 heterocycles. The summed E-state index contributed by atoms with van der Waals surface area (Å²) in [6.07, 6.45) is 0. The standard InChI is InChI=1S/C13H23N3OS.2ClH/c1-8(9(2)14)12(17)15-6-11-16-10(7-18-11)13(3,4)5;;/h7-9H,6,14H2,1-5H3,(H,15,17);2*1H. The third-order valence-corrected chi connectivity index (χ3v) is 3.79. The number of hydrogen-bond donors (Lipinski definition) is 2. The molecule has 0 aromatic carbocycles. The highest BCUT2D eigenvalue weighted by Crippen LogP contribution is 2.23. The Balaban J connectivity index is 0. The molecule has 20 heavy (non-hydrogen) atoms. The second-order valence-electron chi connectivity index (χ2n) is 5.74. The minimum absolute atomic E-state index is 0. The normalized spacial score (nSPS) is 13.7. The Labute approximate surface area is 137 Å². The van der Waals surface area contributed by atoms with Crippen LogP contribution in [0.25, 0.3) is 0 Å². The van der Waals surface area contributed by atoms with Crippen molar-refractivity contribution in [1.82, 2.24) is 10.3 Å². The van der Waals surface area contributed by atoms with E-state index < -0.39 is 0 Å². The molecular formula is C13H25Cl2N3OS. The topological polar surface area (TPSA) is 68.0 Å². The van der Waals surface area contributed by atoms with E-state index in [0.717, 1.165) is 10.7 Å². The molecule has 0 saturated carbocycles. The fraction of sp³-hybridized carbons (Fsp3) is 0.692. The molecule has 118 valence electrons. The molecule has 0 fully saturated rings. The Morgan fingerprint density at radius 1 is 1.40 bits per heavy atom. The van der Waals surface area contributed by atoms with E-state index >= 15 is 0 Å². The number of aromatic nitrogens is 1. The van der Waals surface area contributed by atoms with Crippen molar-refractivity contribution in [2.45, 2.75) is 52.6 Å². The molecule has 1 rings (SSSR count). The molecule has 1 aromatic heterocycles. The van der Waals surface area contributed by atoms with Crippen molar-refractivity contribution >= 4 is 42.1 Å². The number of thiazole rings is 1. The van der Waals surface area contributed by atoms with Crippen LogP contribution in [0.5, 0.6) is 0 Å². The van der Waals surface area contributed by atoms with Gasteiger partial charge in [-0.05, 0) is 6.92 Å². The van der Waals surface area contributed by atoms with Crippen molar-refractivity contribution in [2.75, 3.05) is 0 Å². The fourth-order valence-corrected chi connectivity index (χ4v) is 2.26. The highest BCUT2D eigenvalue weighted by atomic mass is 35.5. The summed E-state index contributed by atoms with van der Waals surface area (Å²) in [6.45, 7) is 10.5. The number of hydrogen-bond acceptors (Lipinski definition) is 4. The van der Waals surface area contributed by atoms with E-state index in [2.05, 4.69) is 36.5 Å². The van der Waals surface area contributed by atoms with Crippen molar-refractivity contribution in [3.63, 3.8) is 0 Å². The molecule has 1 amide bonds. The van der Waals surface area contributed by atoms with Gasteiger partial charge in [0.1, 0.15) is 5.01 Å². The largest absolute Gasteiger partial charge is 0.349 e. The number of carbonyl (C=O) groups is 1. The fourth-order valence-electron chi connectivity index (χ4n) is 1.30. The first-order valence-corrected chi connectivity index (χ1v) is 7.08. The first-order chi connectivity index (χ1) is 8.21. The summed E-state index contributed by atoms with van der Waals surface area (Å²) in [5.74, 6) is -0.190. The molecule has 2 atom stereocenters. The van der Waals surface area contributed by atoms with Gasteiger partial charge in [-0.1, -0.05) is 27.7 Å². The lowest BCUT2D eigenvalue weighted by Gasteiger charge is -2.15. The van der Waals surface area contributed by atoms with Crippen molar-refractivity contribution in [1.29, 1.82) is 0 Å². The first-order valence-electron chi connectivity index (χ1n) is 6.20. The summed E-state index contributed by atoms with van der Waals surface area (Å²) in [5, 5.41) is 5.86. The number of amides is 1. The van der Waals surface area contributed by atoms with Gasteiger partial charge in [0, 0.05) is 22.8 Å². The van der Waals surface area contributed by atoms with E-state index in [4.69, 9.17) is 5.73 Å². The second kappa shape index (κ2) is 8.82. The van der Waals surface area contributed by atoms with E-state index in [1.165, 1.54) is 0 Å².